The van der Waals surface area contributed by atoms with Crippen LogP contribution >= 0.6 is 0 Å². The van der Waals surface area contributed by atoms with Gasteiger partial charge >= 0.3 is 0 Å². The fourth-order valence-electron chi connectivity index (χ4n) is 0.554. The minimum atomic E-state index is -0.528. The van der Waals surface area contributed by atoms with Crippen LogP contribution in [-0.2, 0) is 13.2 Å². The third-order valence-electron chi connectivity index (χ3n) is 1.05. The summed E-state index contributed by atoms with van der Waals surface area (Å²) in [6.45, 7) is 2.14. The molecule has 0 fully saturated rings. The Morgan fingerprint density at radius 1 is 1.78 bits per heavy atom. The van der Waals surface area contributed by atoms with E-state index in [4.69, 9.17) is 0 Å². The highest BCUT2D eigenvalue weighted by Crippen LogP contribution is 1.93. The molecule has 0 atom stereocenters. The van der Waals surface area contributed by atoms with E-state index in [0.29, 0.717) is 5.69 Å². The highest BCUT2D eigenvalue weighted by atomic mass is 19.1. The van der Waals surface area contributed by atoms with Crippen molar-refractivity contribution in [2.45, 2.75) is 20.1 Å². The lowest BCUT2D eigenvalue weighted by molar-refractivity contribution is 0.475. The van der Waals surface area contributed by atoms with E-state index in [-0.39, 0.29) is 0 Å². The van der Waals surface area contributed by atoms with Crippen LogP contribution in [0.25, 0.3) is 0 Å². The summed E-state index contributed by atoms with van der Waals surface area (Å²) in [7, 11) is 0. The third kappa shape index (κ3) is 1.25. The van der Waals surface area contributed by atoms with Gasteiger partial charge < -0.3 is 0 Å². The van der Waals surface area contributed by atoms with E-state index in [1.54, 1.807) is 10.9 Å². The topological polar surface area (TPSA) is 30.7 Å². The van der Waals surface area contributed by atoms with Gasteiger partial charge in [-0.3, -0.25) is 4.68 Å². The van der Waals surface area contributed by atoms with Crippen molar-refractivity contribution in [3.05, 3.63) is 11.9 Å². The number of alkyl halides is 1. The quantitative estimate of drug-likeness (QED) is 0.590. The maximum Gasteiger partial charge on any atom is 0.135 e. The number of nitrogens with zero attached hydrogens (tertiary/aromatic N) is 3. The fourth-order valence-corrected chi connectivity index (χ4v) is 0.554. The van der Waals surface area contributed by atoms with Crippen molar-refractivity contribution in [2.24, 2.45) is 0 Å². The zero-order valence-corrected chi connectivity index (χ0v) is 5.21. The van der Waals surface area contributed by atoms with E-state index >= 15 is 0 Å². The van der Waals surface area contributed by atoms with Crippen LogP contribution in [0.3, 0.4) is 0 Å². The van der Waals surface area contributed by atoms with Crippen molar-refractivity contribution in [3.63, 3.8) is 0 Å². The van der Waals surface area contributed by atoms with Crippen LogP contribution in [0, 0.1) is 0 Å². The van der Waals surface area contributed by atoms with Gasteiger partial charge in [0, 0.05) is 6.54 Å². The van der Waals surface area contributed by atoms with Gasteiger partial charge in [0.05, 0.1) is 6.20 Å². The SMILES string of the molecule is CCn1cc(CF)nn1. The molecular weight excluding hydrogens is 121 g/mol. The van der Waals surface area contributed by atoms with Gasteiger partial charge in [-0.05, 0) is 6.92 Å². The second-order valence-electron chi connectivity index (χ2n) is 1.70. The Balaban J connectivity index is 2.74. The first-order chi connectivity index (χ1) is 4.36. The molecular formula is C5H8FN3. The molecule has 0 bridgehead atoms. The number of hydrogen-bond acceptors (Lipinski definition) is 2. The van der Waals surface area contributed by atoms with Crippen LogP contribution in [-0.4, -0.2) is 15.0 Å². The Morgan fingerprint density at radius 2 is 2.56 bits per heavy atom. The first kappa shape index (κ1) is 6.19. The first-order valence-corrected chi connectivity index (χ1v) is 2.81. The summed E-state index contributed by atoms with van der Waals surface area (Å²) in [6, 6.07) is 0. The summed E-state index contributed by atoms with van der Waals surface area (Å²) in [6.07, 6.45) is 1.60. The van der Waals surface area contributed by atoms with Crippen LogP contribution in [0.15, 0.2) is 6.20 Å². The molecule has 0 aliphatic heterocycles. The molecule has 1 aromatic rings. The van der Waals surface area contributed by atoms with Crippen molar-refractivity contribution in [2.75, 3.05) is 0 Å². The van der Waals surface area contributed by atoms with Crippen molar-refractivity contribution < 1.29 is 4.39 Å². The van der Waals surface area contributed by atoms with Gasteiger partial charge in [-0.15, -0.1) is 5.10 Å². The molecule has 0 amide bonds. The Hall–Kier alpha value is -0.930. The Labute approximate surface area is 52.5 Å². The molecule has 0 aliphatic rings. The van der Waals surface area contributed by atoms with Gasteiger partial charge in [0.1, 0.15) is 12.4 Å². The molecule has 0 unspecified atom stereocenters. The molecule has 0 radical (unpaired) electrons. The summed E-state index contributed by atoms with van der Waals surface area (Å²) >= 11 is 0. The Bertz CT molecular complexity index is 166. The summed E-state index contributed by atoms with van der Waals surface area (Å²) in [5.74, 6) is 0. The lowest BCUT2D eigenvalue weighted by Gasteiger charge is -1.86. The largest absolute Gasteiger partial charge is 0.252 e. The summed E-state index contributed by atoms with van der Waals surface area (Å²) < 4.78 is 13.4. The Kier molecular flexibility index (Phi) is 1.77. The molecule has 0 spiro atoms. The normalized spacial score (nSPS) is 10.0. The molecule has 50 valence electrons. The van der Waals surface area contributed by atoms with Crippen LogP contribution in [0.1, 0.15) is 12.6 Å². The van der Waals surface area contributed by atoms with E-state index < -0.39 is 6.67 Å². The first-order valence-electron chi connectivity index (χ1n) is 2.81. The van der Waals surface area contributed by atoms with E-state index in [1.807, 2.05) is 6.92 Å². The molecule has 0 saturated heterocycles. The van der Waals surface area contributed by atoms with E-state index in [2.05, 4.69) is 10.3 Å². The van der Waals surface area contributed by atoms with Crippen molar-refractivity contribution >= 4 is 0 Å². The van der Waals surface area contributed by atoms with Crippen molar-refractivity contribution in [3.8, 4) is 0 Å². The van der Waals surface area contributed by atoms with Crippen molar-refractivity contribution in [1.29, 1.82) is 0 Å². The highest BCUT2D eigenvalue weighted by Gasteiger charge is 1.95. The van der Waals surface area contributed by atoms with E-state index in [0.717, 1.165) is 6.54 Å². The molecule has 1 aromatic heterocycles. The second kappa shape index (κ2) is 2.57. The predicted molar refractivity (Wildman–Crippen MR) is 30.5 cm³/mol. The van der Waals surface area contributed by atoms with E-state index in [9.17, 15) is 4.39 Å². The standard InChI is InChI=1S/C5H8FN3/c1-2-9-4-5(3-6)7-8-9/h4H,2-3H2,1H3. The zero-order chi connectivity index (χ0) is 6.69. The molecule has 0 aliphatic carbocycles. The molecule has 9 heavy (non-hydrogen) atoms. The Morgan fingerprint density at radius 3 is 2.89 bits per heavy atom. The van der Waals surface area contributed by atoms with Crippen LogP contribution in [0.5, 0.6) is 0 Å². The van der Waals surface area contributed by atoms with Gasteiger partial charge in [-0.1, -0.05) is 5.21 Å². The molecule has 3 nitrogen and oxygen atoms in total. The summed E-state index contributed by atoms with van der Waals surface area (Å²) in [5, 5.41) is 7.18. The van der Waals surface area contributed by atoms with Crippen LogP contribution in [0.4, 0.5) is 4.39 Å². The van der Waals surface area contributed by atoms with Crippen molar-refractivity contribution in [1.82, 2.24) is 15.0 Å². The monoisotopic (exact) mass is 129 g/mol. The number of halogens is 1. The highest BCUT2D eigenvalue weighted by molar-refractivity contribution is 4.88. The predicted octanol–water partition coefficient (Wildman–Crippen LogP) is 0.767. The molecule has 4 heteroatoms. The minimum Gasteiger partial charge on any atom is -0.252 e. The smallest absolute Gasteiger partial charge is 0.135 e. The second-order valence-corrected chi connectivity index (χ2v) is 1.70. The molecule has 0 saturated carbocycles. The van der Waals surface area contributed by atoms with Gasteiger partial charge in [0.15, 0.2) is 0 Å². The summed E-state index contributed by atoms with van der Waals surface area (Å²) in [4.78, 5) is 0. The molecule has 1 rings (SSSR count). The molecule has 1 heterocycles. The number of aryl methyl sites for hydroxylation is 1. The van der Waals surface area contributed by atoms with Gasteiger partial charge in [-0.2, -0.15) is 0 Å². The minimum absolute atomic E-state index is 0.400. The third-order valence-corrected chi connectivity index (χ3v) is 1.05. The maximum atomic E-state index is 11.8. The van der Waals surface area contributed by atoms with Crippen LogP contribution < -0.4 is 0 Å². The fraction of sp³-hybridized carbons (Fsp3) is 0.600. The number of rotatable bonds is 2. The average Bonchev–Trinajstić information content (AvgIpc) is 2.34. The summed E-state index contributed by atoms with van der Waals surface area (Å²) in [5.41, 5.74) is 0.400. The van der Waals surface area contributed by atoms with Gasteiger partial charge in [-0.25, -0.2) is 4.39 Å². The van der Waals surface area contributed by atoms with Crippen LogP contribution in [0.2, 0.25) is 0 Å². The molecule has 0 N–H and O–H groups in total. The van der Waals surface area contributed by atoms with E-state index in [1.165, 1.54) is 0 Å². The lowest BCUT2D eigenvalue weighted by Crippen LogP contribution is -1.93. The zero-order valence-electron chi connectivity index (χ0n) is 5.21. The van der Waals surface area contributed by atoms with Gasteiger partial charge in [0.25, 0.3) is 0 Å². The number of hydrogen-bond donors (Lipinski definition) is 0. The number of aromatic nitrogens is 3. The lowest BCUT2D eigenvalue weighted by atomic mass is 10.5. The average molecular weight is 129 g/mol. The molecule has 0 aromatic carbocycles. The maximum absolute atomic E-state index is 11.8. The van der Waals surface area contributed by atoms with Gasteiger partial charge in [0.2, 0.25) is 0 Å².